The molecule has 6 heteroatoms. The number of aromatic nitrogens is 2. The first-order valence-corrected chi connectivity index (χ1v) is 10.6. The lowest BCUT2D eigenvalue weighted by molar-refractivity contribution is 0.714. The van der Waals surface area contributed by atoms with Crippen LogP contribution in [0.25, 0.3) is 0 Å². The SMILES string of the molecule is CC(C)c1cc(N2CCc3cc(Br)ccc3C2)nc(Nc2cccc(Cl)c2)n1. The third-order valence-electron chi connectivity index (χ3n) is 4.91. The average molecular weight is 458 g/mol. The molecular formula is C22H22BrClN4. The van der Waals surface area contributed by atoms with Gasteiger partial charge in [-0.2, -0.15) is 4.98 Å². The van der Waals surface area contributed by atoms with Gasteiger partial charge in [0, 0.05) is 34.3 Å². The van der Waals surface area contributed by atoms with Crippen LogP contribution in [0.3, 0.4) is 0 Å². The summed E-state index contributed by atoms with van der Waals surface area (Å²) < 4.78 is 1.14. The van der Waals surface area contributed by atoms with Gasteiger partial charge >= 0.3 is 0 Å². The lowest BCUT2D eigenvalue weighted by atomic mass is 10.00. The first-order valence-electron chi connectivity index (χ1n) is 9.42. The molecule has 28 heavy (non-hydrogen) atoms. The molecule has 1 aliphatic rings. The Hall–Kier alpha value is -2.11. The van der Waals surface area contributed by atoms with Gasteiger partial charge in [-0.1, -0.05) is 53.5 Å². The van der Waals surface area contributed by atoms with Crippen molar-refractivity contribution in [3.63, 3.8) is 0 Å². The number of halogens is 2. The summed E-state index contributed by atoms with van der Waals surface area (Å²) in [6.07, 6.45) is 1.01. The number of anilines is 3. The number of nitrogens with zero attached hydrogens (tertiary/aromatic N) is 3. The second-order valence-corrected chi connectivity index (χ2v) is 8.70. The van der Waals surface area contributed by atoms with Gasteiger partial charge in [0.1, 0.15) is 5.82 Å². The Labute approximate surface area is 179 Å². The topological polar surface area (TPSA) is 41.1 Å². The number of benzene rings is 2. The molecule has 0 bridgehead atoms. The molecule has 3 aromatic rings. The summed E-state index contributed by atoms with van der Waals surface area (Å²) in [5.74, 6) is 1.87. The summed E-state index contributed by atoms with van der Waals surface area (Å²) in [6.45, 7) is 6.10. The van der Waals surface area contributed by atoms with E-state index < -0.39 is 0 Å². The maximum absolute atomic E-state index is 6.11. The van der Waals surface area contributed by atoms with E-state index in [1.54, 1.807) is 0 Å². The quantitative estimate of drug-likeness (QED) is 0.497. The highest BCUT2D eigenvalue weighted by molar-refractivity contribution is 9.10. The maximum Gasteiger partial charge on any atom is 0.229 e. The van der Waals surface area contributed by atoms with E-state index in [2.05, 4.69) is 64.3 Å². The summed E-state index contributed by atoms with van der Waals surface area (Å²) in [5.41, 5.74) is 4.66. The van der Waals surface area contributed by atoms with Gasteiger partial charge in [-0.15, -0.1) is 0 Å². The zero-order valence-corrected chi connectivity index (χ0v) is 18.3. The van der Waals surface area contributed by atoms with Crippen LogP contribution in [0.1, 0.15) is 36.6 Å². The molecule has 0 amide bonds. The van der Waals surface area contributed by atoms with Crippen molar-refractivity contribution in [3.05, 3.63) is 74.8 Å². The van der Waals surface area contributed by atoms with E-state index in [4.69, 9.17) is 21.6 Å². The first-order chi connectivity index (χ1) is 13.5. The fraction of sp³-hybridized carbons (Fsp3) is 0.273. The van der Waals surface area contributed by atoms with Crippen LogP contribution in [0.15, 0.2) is 53.0 Å². The molecule has 4 rings (SSSR count). The van der Waals surface area contributed by atoms with Crippen LogP contribution in [0.5, 0.6) is 0 Å². The van der Waals surface area contributed by atoms with Gasteiger partial charge in [0.25, 0.3) is 0 Å². The van der Waals surface area contributed by atoms with Gasteiger partial charge in [0.05, 0.1) is 5.69 Å². The predicted molar refractivity (Wildman–Crippen MR) is 120 cm³/mol. The molecule has 0 fully saturated rings. The van der Waals surface area contributed by atoms with E-state index in [0.29, 0.717) is 16.9 Å². The van der Waals surface area contributed by atoms with Crippen molar-refractivity contribution in [1.82, 2.24) is 9.97 Å². The van der Waals surface area contributed by atoms with Crippen LogP contribution in [0.4, 0.5) is 17.5 Å². The summed E-state index contributed by atoms with van der Waals surface area (Å²) in [5, 5.41) is 3.99. The molecule has 0 saturated carbocycles. The summed E-state index contributed by atoms with van der Waals surface area (Å²) in [4.78, 5) is 11.8. The van der Waals surface area contributed by atoms with Gasteiger partial charge in [-0.05, 0) is 53.8 Å². The van der Waals surface area contributed by atoms with Crippen molar-refractivity contribution in [2.45, 2.75) is 32.7 Å². The molecule has 0 spiro atoms. The molecule has 1 aliphatic heterocycles. The van der Waals surface area contributed by atoms with Crippen LogP contribution in [0.2, 0.25) is 5.02 Å². The Kier molecular flexibility index (Phi) is 5.56. The van der Waals surface area contributed by atoms with Crippen molar-refractivity contribution >= 4 is 45.0 Å². The molecule has 0 unspecified atom stereocenters. The van der Waals surface area contributed by atoms with Crippen LogP contribution >= 0.6 is 27.5 Å². The van der Waals surface area contributed by atoms with E-state index in [-0.39, 0.29) is 0 Å². The molecule has 0 aliphatic carbocycles. The van der Waals surface area contributed by atoms with Crippen molar-refractivity contribution in [2.24, 2.45) is 0 Å². The van der Waals surface area contributed by atoms with Crippen LogP contribution in [-0.2, 0) is 13.0 Å². The molecule has 2 heterocycles. The monoisotopic (exact) mass is 456 g/mol. The highest BCUT2D eigenvalue weighted by atomic mass is 79.9. The third-order valence-corrected chi connectivity index (χ3v) is 5.64. The van der Waals surface area contributed by atoms with Gasteiger partial charge in [-0.25, -0.2) is 4.98 Å². The molecule has 2 aromatic carbocycles. The van der Waals surface area contributed by atoms with E-state index >= 15 is 0 Å². The van der Waals surface area contributed by atoms with Crippen molar-refractivity contribution in [1.29, 1.82) is 0 Å². The smallest absolute Gasteiger partial charge is 0.229 e. The Morgan fingerprint density at radius 2 is 1.93 bits per heavy atom. The standard InChI is InChI=1S/C22H22BrClN4/c1-14(2)20-12-21(27-22(26-20)25-19-5-3-4-18(24)11-19)28-9-8-15-10-17(23)7-6-16(15)13-28/h3-7,10-12,14H,8-9,13H2,1-2H3,(H,25,26,27). The molecule has 1 N–H and O–H groups in total. The van der Waals surface area contributed by atoms with E-state index in [9.17, 15) is 0 Å². The number of fused-ring (bicyclic) bond motifs is 1. The zero-order chi connectivity index (χ0) is 19.7. The first kappa shape index (κ1) is 19.2. The molecule has 144 valence electrons. The highest BCUT2D eigenvalue weighted by Gasteiger charge is 2.20. The van der Waals surface area contributed by atoms with Crippen LogP contribution in [0, 0.1) is 0 Å². The lowest BCUT2D eigenvalue weighted by Gasteiger charge is -2.30. The van der Waals surface area contributed by atoms with Crippen molar-refractivity contribution in [3.8, 4) is 0 Å². The van der Waals surface area contributed by atoms with E-state index in [1.165, 1.54) is 11.1 Å². The maximum atomic E-state index is 6.11. The lowest BCUT2D eigenvalue weighted by Crippen LogP contribution is -2.31. The Morgan fingerprint density at radius 1 is 1.07 bits per heavy atom. The predicted octanol–water partition coefficient (Wildman–Crippen LogP) is 6.32. The Bertz CT molecular complexity index is 1010. The van der Waals surface area contributed by atoms with Crippen molar-refractivity contribution in [2.75, 3.05) is 16.8 Å². The minimum atomic E-state index is 0.315. The molecule has 0 atom stereocenters. The van der Waals surface area contributed by atoms with Gasteiger partial charge in [0.15, 0.2) is 0 Å². The summed E-state index contributed by atoms with van der Waals surface area (Å²) >= 11 is 9.68. The average Bonchev–Trinajstić information content (AvgIpc) is 2.67. The molecule has 1 aromatic heterocycles. The van der Waals surface area contributed by atoms with Gasteiger partial charge in [0.2, 0.25) is 5.95 Å². The number of rotatable bonds is 4. The fourth-order valence-electron chi connectivity index (χ4n) is 3.38. The molecule has 4 nitrogen and oxygen atoms in total. The number of hydrogen-bond donors (Lipinski definition) is 1. The largest absolute Gasteiger partial charge is 0.352 e. The summed E-state index contributed by atoms with van der Waals surface area (Å²) in [6, 6.07) is 16.2. The van der Waals surface area contributed by atoms with Gasteiger partial charge < -0.3 is 10.2 Å². The van der Waals surface area contributed by atoms with Gasteiger partial charge in [-0.3, -0.25) is 0 Å². The van der Waals surface area contributed by atoms with E-state index in [0.717, 1.165) is 41.2 Å². The highest BCUT2D eigenvalue weighted by Crippen LogP contribution is 2.28. The Balaban J connectivity index is 1.65. The van der Waals surface area contributed by atoms with E-state index in [1.807, 2.05) is 24.3 Å². The minimum Gasteiger partial charge on any atom is -0.352 e. The Morgan fingerprint density at radius 3 is 2.71 bits per heavy atom. The molecular weight excluding hydrogens is 436 g/mol. The van der Waals surface area contributed by atoms with Crippen LogP contribution in [-0.4, -0.2) is 16.5 Å². The second-order valence-electron chi connectivity index (χ2n) is 7.35. The number of nitrogens with one attached hydrogen (secondary N) is 1. The zero-order valence-electron chi connectivity index (χ0n) is 15.9. The molecule has 0 saturated heterocycles. The van der Waals surface area contributed by atoms with Crippen LogP contribution < -0.4 is 10.2 Å². The normalized spacial score (nSPS) is 13.5. The fourth-order valence-corrected chi connectivity index (χ4v) is 3.98. The summed E-state index contributed by atoms with van der Waals surface area (Å²) in [7, 11) is 0. The number of hydrogen-bond acceptors (Lipinski definition) is 4. The minimum absolute atomic E-state index is 0.315. The molecule has 0 radical (unpaired) electrons. The van der Waals surface area contributed by atoms with Crippen molar-refractivity contribution < 1.29 is 0 Å². The second kappa shape index (κ2) is 8.10. The third kappa shape index (κ3) is 4.31.